The normalized spacial score (nSPS) is 10.1. The number of carbonyl (C=O) groups excluding carboxylic acids is 1. The van der Waals surface area contributed by atoms with Crippen molar-refractivity contribution in [2.75, 3.05) is 26.8 Å². The monoisotopic (exact) mass is 251 g/mol. The molecule has 18 heavy (non-hydrogen) atoms. The molecule has 0 atom stereocenters. The lowest BCUT2D eigenvalue weighted by molar-refractivity contribution is 0.0688. The maximum atomic E-state index is 12.1. The predicted molar refractivity (Wildman–Crippen MR) is 66.9 cm³/mol. The standard InChI is InChI=1S/C13H17NO4/c1-3-14(8-9-18-2)12(15)10-4-6-11(7-5-10)13(16)17/h4-7H,3,8-9H2,1-2H3,(H,16,17). The number of benzene rings is 1. The average molecular weight is 251 g/mol. The summed E-state index contributed by atoms with van der Waals surface area (Å²) < 4.78 is 4.94. The summed E-state index contributed by atoms with van der Waals surface area (Å²) >= 11 is 0. The van der Waals surface area contributed by atoms with Crippen molar-refractivity contribution in [2.45, 2.75) is 6.92 Å². The molecule has 5 heteroatoms. The fourth-order valence-corrected chi connectivity index (χ4v) is 1.54. The third-order valence-electron chi connectivity index (χ3n) is 2.61. The van der Waals surface area contributed by atoms with Crippen LogP contribution in [0.3, 0.4) is 0 Å². The Morgan fingerprint density at radius 2 is 1.78 bits per heavy atom. The van der Waals surface area contributed by atoms with E-state index in [-0.39, 0.29) is 11.5 Å². The summed E-state index contributed by atoms with van der Waals surface area (Å²) in [5, 5.41) is 8.77. The smallest absolute Gasteiger partial charge is 0.335 e. The molecule has 98 valence electrons. The molecule has 0 radical (unpaired) electrons. The Kier molecular flexibility index (Phi) is 5.32. The Morgan fingerprint density at radius 3 is 2.22 bits per heavy atom. The van der Waals surface area contributed by atoms with Gasteiger partial charge < -0.3 is 14.7 Å². The van der Waals surface area contributed by atoms with Gasteiger partial charge in [0.25, 0.3) is 5.91 Å². The Morgan fingerprint density at radius 1 is 1.22 bits per heavy atom. The zero-order valence-electron chi connectivity index (χ0n) is 10.5. The lowest BCUT2D eigenvalue weighted by atomic mass is 10.1. The van der Waals surface area contributed by atoms with Gasteiger partial charge in [0.05, 0.1) is 12.2 Å². The van der Waals surface area contributed by atoms with Crippen molar-refractivity contribution in [3.8, 4) is 0 Å². The molecule has 0 aliphatic rings. The van der Waals surface area contributed by atoms with E-state index in [1.165, 1.54) is 24.3 Å². The number of methoxy groups -OCH3 is 1. The molecular formula is C13H17NO4. The zero-order valence-corrected chi connectivity index (χ0v) is 10.5. The number of rotatable bonds is 6. The summed E-state index contributed by atoms with van der Waals surface area (Å²) in [5.41, 5.74) is 0.657. The Balaban J connectivity index is 2.78. The van der Waals surface area contributed by atoms with E-state index in [4.69, 9.17) is 9.84 Å². The maximum Gasteiger partial charge on any atom is 0.335 e. The molecular weight excluding hydrogens is 234 g/mol. The van der Waals surface area contributed by atoms with Crippen molar-refractivity contribution in [3.05, 3.63) is 35.4 Å². The summed E-state index contributed by atoms with van der Waals surface area (Å²) in [6, 6.07) is 5.92. The van der Waals surface area contributed by atoms with Gasteiger partial charge in [0.15, 0.2) is 0 Å². The highest BCUT2D eigenvalue weighted by Crippen LogP contribution is 2.08. The first kappa shape index (κ1) is 14.2. The van der Waals surface area contributed by atoms with E-state index in [9.17, 15) is 9.59 Å². The minimum atomic E-state index is -0.999. The van der Waals surface area contributed by atoms with E-state index in [1.54, 1.807) is 12.0 Å². The van der Waals surface area contributed by atoms with Crippen LogP contribution in [0.4, 0.5) is 0 Å². The number of hydrogen-bond acceptors (Lipinski definition) is 3. The zero-order chi connectivity index (χ0) is 13.5. The first-order chi connectivity index (χ1) is 8.60. The van der Waals surface area contributed by atoms with E-state index in [0.29, 0.717) is 25.3 Å². The lowest BCUT2D eigenvalue weighted by Crippen LogP contribution is -2.33. The second-order valence-corrected chi connectivity index (χ2v) is 3.76. The van der Waals surface area contributed by atoms with Gasteiger partial charge in [0, 0.05) is 25.8 Å². The van der Waals surface area contributed by atoms with Crippen LogP contribution < -0.4 is 0 Å². The van der Waals surface area contributed by atoms with Crippen LogP contribution in [0, 0.1) is 0 Å². The molecule has 1 N–H and O–H groups in total. The molecule has 0 bridgehead atoms. The van der Waals surface area contributed by atoms with Crippen molar-refractivity contribution in [1.29, 1.82) is 0 Å². The van der Waals surface area contributed by atoms with Crippen molar-refractivity contribution in [1.82, 2.24) is 4.90 Å². The summed E-state index contributed by atoms with van der Waals surface area (Å²) in [6.45, 7) is 3.47. The number of nitrogens with zero attached hydrogens (tertiary/aromatic N) is 1. The van der Waals surface area contributed by atoms with Crippen LogP contribution in [-0.2, 0) is 4.74 Å². The number of ether oxygens (including phenoxy) is 1. The van der Waals surface area contributed by atoms with Crippen LogP contribution >= 0.6 is 0 Å². The van der Waals surface area contributed by atoms with Gasteiger partial charge in [-0.25, -0.2) is 4.79 Å². The Labute approximate surface area is 106 Å². The van der Waals surface area contributed by atoms with E-state index in [2.05, 4.69) is 0 Å². The van der Waals surface area contributed by atoms with Crippen LogP contribution in [0.2, 0.25) is 0 Å². The molecule has 1 aromatic carbocycles. The molecule has 0 fully saturated rings. The van der Waals surface area contributed by atoms with Crippen molar-refractivity contribution in [2.24, 2.45) is 0 Å². The number of likely N-dealkylation sites (N-methyl/N-ethyl adjacent to an activating group) is 1. The fourth-order valence-electron chi connectivity index (χ4n) is 1.54. The fraction of sp³-hybridized carbons (Fsp3) is 0.385. The summed E-state index contributed by atoms with van der Waals surface area (Å²) in [5.74, 6) is -1.12. The van der Waals surface area contributed by atoms with E-state index < -0.39 is 5.97 Å². The van der Waals surface area contributed by atoms with Gasteiger partial charge in [0.1, 0.15) is 0 Å². The molecule has 0 spiro atoms. The van der Waals surface area contributed by atoms with Gasteiger partial charge in [-0.3, -0.25) is 4.79 Å². The van der Waals surface area contributed by atoms with Crippen LogP contribution in [0.1, 0.15) is 27.6 Å². The molecule has 1 rings (SSSR count). The van der Waals surface area contributed by atoms with Gasteiger partial charge in [-0.1, -0.05) is 0 Å². The first-order valence-electron chi connectivity index (χ1n) is 5.71. The quantitative estimate of drug-likeness (QED) is 0.831. The molecule has 0 aromatic heterocycles. The maximum absolute atomic E-state index is 12.1. The predicted octanol–water partition coefficient (Wildman–Crippen LogP) is 1.49. The SMILES string of the molecule is CCN(CCOC)C(=O)c1ccc(C(=O)O)cc1. The average Bonchev–Trinajstić information content (AvgIpc) is 2.39. The molecule has 0 unspecified atom stereocenters. The van der Waals surface area contributed by atoms with E-state index in [0.717, 1.165) is 0 Å². The number of hydrogen-bond donors (Lipinski definition) is 1. The number of aromatic carboxylic acids is 1. The van der Waals surface area contributed by atoms with Gasteiger partial charge in [-0.2, -0.15) is 0 Å². The number of amides is 1. The minimum Gasteiger partial charge on any atom is -0.478 e. The lowest BCUT2D eigenvalue weighted by Gasteiger charge is -2.20. The molecule has 5 nitrogen and oxygen atoms in total. The van der Waals surface area contributed by atoms with Gasteiger partial charge in [-0.05, 0) is 31.2 Å². The van der Waals surface area contributed by atoms with Crippen LogP contribution in [-0.4, -0.2) is 48.7 Å². The topological polar surface area (TPSA) is 66.8 Å². The van der Waals surface area contributed by atoms with Crippen LogP contribution in [0.15, 0.2) is 24.3 Å². The minimum absolute atomic E-state index is 0.119. The molecule has 0 aliphatic carbocycles. The Bertz CT molecular complexity index is 414. The van der Waals surface area contributed by atoms with E-state index >= 15 is 0 Å². The molecule has 0 heterocycles. The third-order valence-corrected chi connectivity index (χ3v) is 2.61. The van der Waals surface area contributed by atoms with Gasteiger partial charge in [-0.15, -0.1) is 0 Å². The van der Waals surface area contributed by atoms with E-state index in [1.807, 2.05) is 6.92 Å². The van der Waals surface area contributed by atoms with Crippen molar-refractivity contribution < 1.29 is 19.4 Å². The Hall–Kier alpha value is -1.88. The molecule has 1 aromatic rings. The highest BCUT2D eigenvalue weighted by molar-refractivity contribution is 5.95. The van der Waals surface area contributed by atoms with Crippen molar-refractivity contribution >= 4 is 11.9 Å². The second-order valence-electron chi connectivity index (χ2n) is 3.76. The summed E-state index contributed by atoms with van der Waals surface area (Å²) in [6.07, 6.45) is 0. The molecule has 0 saturated carbocycles. The summed E-state index contributed by atoms with van der Waals surface area (Å²) in [4.78, 5) is 24.4. The van der Waals surface area contributed by atoms with Crippen LogP contribution in [0.5, 0.6) is 0 Å². The molecule has 0 saturated heterocycles. The number of carboxylic acids is 1. The largest absolute Gasteiger partial charge is 0.478 e. The molecule has 1 amide bonds. The van der Waals surface area contributed by atoms with Gasteiger partial charge in [0.2, 0.25) is 0 Å². The van der Waals surface area contributed by atoms with Crippen LogP contribution in [0.25, 0.3) is 0 Å². The summed E-state index contributed by atoms with van der Waals surface area (Å²) in [7, 11) is 1.58. The van der Waals surface area contributed by atoms with Crippen molar-refractivity contribution in [3.63, 3.8) is 0 Å². The highest BCUT2D eigenvalue weighted by atomic mass is 16.5. The van der Waals surface area contributed by atoms with Gasteiger partial charge >= 0.3 is 5.97 Å². The second kappa shape index (κ2) is 6.76. The number of carboxylic acid groups (broad SMARTS) is 1. The highest BCUT2D eigenvalue weighted by Gasteiger charge is 2.14. The first-order valence-corrected chi connectivity index (χ1v) is 5.71. The molecule has 0 aliphatic heterocycles. The number of carbonyl (C=O) groups is 2. The third kappa shape index (κ3) is 3.56.